The quantitative estimate of drug-likeness (QED) is 0.402. The van der Waals surface area contributed by atoms with E-state index in [9.17, 15) is 4.21 Å². The first-order chi connectivity index (χ1) is 17.1. The van der Waals surface area contributed by atoms with Crippen LogP contribution in [0.3, 0.4) is 0 Å². The highest BCUT2D eigenvalue weighted by molar-refractivity contribution is 7.86. The van der Waals surface area contributed by atoms with Gasteiger partial charge in [0.25, 0.3) is 0 Å². The summed E-state index contributed by atoms with van der Waals surface area (Å²) in [6.45, 7) is 8.48. The summed E-state index contributed by atoms with van der Waals surface area (Å²) in [5.41, 5.74) is 10.7. The van der Waals surface area contributed by atoms with Crippen LogP contribution in [0.5, 0.6) is 0 Å². The molecule has 2 nitrogen and oxygen atoms in total. The van der Waals surface area contributed by atoms with Crippen LogP contribution in [0.25, 0.3) is 23.3 Å². The third-order valence-electron chi connectivity index (χ3n) is 6.10. The van der Waals surface area contributed by atoms with E-state index in [1.54, 1.807) is 0 Å². The fraction of sp³-hybridized carbons (Fsp3) is 0.188. The SMILES string of the molecule is CC.CCC1=C(C)/C(=C/c2ccccc2)c2ccccc21.NS(=O)C1=CCc2ccccc2C=C1. The maximum atomic E-state index is 11.1. The molecule has 35 heavy (non-hydrogen) atoms. The molecule has 0 aromatic heterocycles. The van der Waals surface area contributed by atoms with E-state index in [0.29, 0.717) is 4.91 Å². The minimum absolute atomic E-state index is 0.696. The summed E-state index contributed by atoms with van der Waals surface area (Å²) in [6.07, 6.45) is 9.88. The molecule has 3 heteroatoms. The molecule has 0 radical (unpaired) electrons. The predicted octanol–water partition coefficient (Wildman–Crippen LogP) is 8.21. The molecule has 1 unspecified atom stereocenters. The smallest absolute Gasteiger partial charge is 0.121 e. The maximum absolute atomic E-state index is 11.1. The summed E-state index contributed by atoms with van der Waals surface area (Å²) < 4.78 is 11.1. The van der Waals surface area contributed by atoms with Gasteiger partial charge in [-0.05, 0) is 76.5 Å². The van der Waals surface area contributed by atoms with E-state index in [1.807, 2.05) is 50.3 Å². The van der Waals surface area contributed by atoms with Crippen LogP contribution < -0.4 is 5.14 Å². The van der Waals surface area contributed by atoms with E-state index in [-0.39, 0.29) is 0 Å². The van der Waals surface area contributed by atoms with Crippen molar-refractivity contribution >= 4 is 34.3 Å². The van der Waals surface area contributed by atoms with Gasteiger partial charge in [0, 0.05) is 0 Å². The Bertz CT molecular complexity index is 1300. The third kappa shape index (κ3) is 6.45. The van der Waals surface area contributed by atoms with Gasteiger partial charge >= 0.3 is 0 Å². The van der Waals surface area contributed by atoms with Crippen molar-refractivity contribution in [2.45, 2.75) is 40.5 Å². The van der Waals surface area contributed by atoms with Crippen LogP contribution in [0.4, 0.5) is 0 Å². The lowest BCUT2D eigenvalue weighted by atomic mass is 10.0. The standard InChI is InChI=1S/C19H18.C11H11NOS.C2H6/c1-3-16-14(2)19(13-15-9-5-4-6-10-15)18-12-8-7-11-17(16)18;12-14(13)11-7-5-9-3-1-2-4-10(9)6-8-11;1-2/h4-13H,3H2,1-2H3;1-5,7-8H,6,12H2;1-2H3/b19-13-;;. The van der Waals surface area contributed by atoms with Crippen LogP contribution in [0.2, 0.25) is 0 Å². The molecule has 0 aliphatic heterocycles. The molecule has 180 valence electrons. The second-order valence-corrected chi connectivity index (χ2v) is 9.18. The molecule has 2 N–H and O–H groups in total. The van der Waals surface area contributed by atoms with Gasteiger partial charge in [0.2, 0.25) is 0 Å². The Morgan fingerprint density at radius 3 is 2.17 bits per heavy atom. The Morgan fingerprint density at radius 1 is 0.857 bits per heavy atom. The van der Waals surface area contributed by atoms with E-state index in [1.165, 1.54) is 44.5 Å². The summed E-state index contributed by atoms with van der Waals surface area (Å²) in [5, 5.41) is 5.32. The molecule has 0 amide bonds. The highest BCUT2D eigenvalue weighted by atomic mass is 32.2. The molecule has 3 aromatic rings. The Kier molecular flexibility index (Phi) is 9.77. The van der Waals surface area contributed by atoms with E-state index >= 15 is 0 Å². The fourth-order valence-electron chi connectivity index (χ4n) is 4.39. The molecule has 2 aliphatic carbocycles. The Labute approximate surface area is 213 Å². The largest absolute Gasteiger partial charge is 0.248 e. The molecule has 0 spiro atoms. The summed E-state index contributed by atoms with van der Waals surface area (Å²) in [6, 6.07) is 27.4. The Hall–Kier alpha value is -3.27. The van der Waals surface area contributed by atoms with Crippen molar-refractivity contribution in [2.75, 3.05) is 0 Å². The Balaban J connectivity index is 0.000000190. The van der Waals surface area contributed by atoms with Gasteiger partial charge in [0.05, 0.1) is 4.91 Å². The Morgan fingerprint density at radius 2 is 1.49 bits per heavy atom. The van der Waals surface area contributed by atoms with Crippen molar-refractivity contribution in [1.29, 1.82) is 0 Å². The second kappa shape index (κ2) is 13.0. The number of benzene rings is 3. The average Bonchev–Trinajstić information content (AvgIpc) is 3.03. The molecule has 3 aromatic carbocycles. The molecule has 0 saturated heterocycles. The molecule has 0 saturated carbocycles. The molecule has 1 atom stereocenters. The highest BCUT2D eigenvalue weighted by Crippen LogP contribution is 2.43. The first kappa shape index (κ1) is 26.3. The summed E-state index contributed by atoms with van der Waals surface area (Å²) >= 11 is 0. The number of rotatable bonds is 3. The van der Waals surface area contributed by atoms with Crippen molar-refractivity contribution in [3.05, 3.63) is 129 Å². The van der Waals surface area contributed by atoms with Crippen molar-refractivity contribution in [3.8, 4) is 0 Å². The highest BCUT2D eigenvalue weighted by Gasteiger charge is 2.21. The van der Waals surface area contributed by atoms with Crippen LogP contribution in [-0.2, 0) is 17.4 Å². The van der Waals surface area contributed by atoms with E-state index in [4.69, 9.17) is 5.14 Å². The normalized spacial score (nSPS) is 15.6. The second-order valence-electron chi connectivity index (χ2n) is 8.11. The summed E-state index contributed by atoms with van der Waals surface area (Å²) in [7, 11) is -1.38. The van der Waals surface area contributed by atoms with E-state index in [2.05, 4.69) is 80.6 Å². The van der Waals surface area contributed by atoms with Gasteiger partial charge in [0.1, 0.15) is 11.0 Å². The van der Waals surface area contributed by atoms with Gasteiger partial charge in [0.15, 0.2) is 0 Å². The topological polar surface area (TPSA) is 43.1 Å². The number of allylic oxidation sites excluding steroid dienone is 5. The minimum Gasteiger partial charge on any atom is -0.248 e. The maximum Gasteiger partial charge on any atom is 0.121 e. The average molecular weight is 482 g/mol. The molecular weight excluding hydrogens is 446 g/mol. The van der Waals surface area contributed by atoms with Crippen LogP contribution in [0, 0.1) is 0 Å². The van der Waals surface area contributed by atoms with Gasteiger partial charge in [-0.1, -0.05) is 112 Å². The van der Waals surface area contributed by atoms with Crippen molar-refractivity contribution in [3.63, 3.8) is 0 Å². The van der Waals surface area contributed by atoms with Gasteiger partial charge in [-0.3, -0.25) is 0 Å². The summed E-state index contributed by atoms with van der Waals surface area (Å²) in [4.78, 5) is 0.696. The van der Waals surface area contributed by atoms with Crippen molar-refractivity contribution in [2.24, 2.45) is 5.14 Å². The van der Waals surface area contributed by atoms with Gasteiger partial charge in [-0.15, -0.1) is 0 Å². The zero-order chi connectivity index (χ0) is 25.2. The molecule has 5 rings (SSSR count). The zero-order valence-corrected chi connectivity index (χ0v) is 21.9. The van der Waals surface area contributed by atoms with Gasteiger partial charge in [-0.2, -0.15) is 0 Å². The van der Waals surface area contributed by atoms with Crippen LogP contribution >= 0.6 is 0 Å². The van der Waals surface area contributed by atoms with Crippen molar-refractivity contribution < 1.29 is 4.21 Å². The number of nitrogens with two attached hydrogens (primary N) is 1. The summed E-state index contributed by atoms with van der Waals surface area (Å²) in [5.74, 6) is 0. The number of fused-ring (bicyclic) bond motifs is 2. The van der Waals surface area contributed by atoms with Gasteiger partial charge in [-0.25, -0.2) is 9.35 Å². The van der Waals surface area contributed by atoms with Crippen LogP contribution in [0.15, 0.2) is 101 Å². The fourth-order valence-corrected chi connectivity index (χ4v) is 4.84. The van der Waals surface area contributed by atoms with E-state index < -0.39 is 11.0 Å². The first-order valence-electron chi connectivity index (χ1n) is 12.3. The van der Waals surface area contributed by atoms with Crippen LogP contribution in [-0.4, -0.2) is 4.21 Å². The number of hydrogen-bond acceptors (Lipinski definition) is 1. The predicted molar refractivity (Wildman–Crippen MR) is 155 cm³/mol. The molecular formula is C32H35NOS. The molecule has 0 fully saturated rings. The van der Waals surface area contributed by atoms with Crippen LogP contribution in [0.1, 0.15) is 61.9 Å². The first-order valence-corrected chi connectivity index (χ1v) is 13.5. The third-order valence-corrected chi connectivity index (χ3v) is 6.87. The lowest BCUT2D eigenvalue weighted by molar-refractivity contribution is 0.688. The molecule has 0 heterocycles. The number of hydrogen-bond donors (Lipinski definition) is 1. The van der Waals surface area contributed by atoms with Gasteiger partial charge < -0.3 is 0 Å². The zero-order valence-electron chi connectivity index (χ0n) is 21.1. The lowest BCUT2D eigenvalue weighted by Gasteiger charge is -2.03. The monoisotopic (exact) mass is 481 g/mol. The van der Waals surface area contributed by atoms with Crippen molar-refractivity contribution in [1.82, 2.24) is 0 Å². The lowest BCUT2D eigenvalue weighted by Crippen LogP contribution is -2.03. The minimum atomic E-state index is -1.38. The molecule has 0 bridgehead atoms. The molecule has 2 aliphatic rings. The van der Waals surface area contributed by atoms with E-state index in [0.717, 1.165) is 12.8 Å².